The van der Waals surface area contributed by atoms with Gasteiger partial charge < -0.3 is 43.8 Å². The number of unbranched alkanes of at least 4 members (excludes halogenated alkanes) is 2. The van der Waals surface area contributed by atoms with Crippen LogP contribution < -0.4 is 5.73 Å². The van der Waals surface area contributed by atoms with Crippen LogP contribution >= 0.6 is 0 Å². The first-order valence-electron chi connectivity index (χ1n) is 13.8. The number of amides is 1. The quantitative estimate of drug-likeness (QED) is 0.184. The Kier molecular flexibility index (Phi) is 48.7. The molecular formula is C27H60N2O8. The number of ketones is 1. The number of rotatable bonds is 24. The fourth-order valence-corrected chi connectivity index (χ4v) is 2.50. The molecule has 0 aromatic rings. The first kappa shape index (κ1) is 42.9. The SMILES string of the molecule is CC.CC.CN.COCCOCCOCCOCCOCCOCCC(=O)N(C)CCCCCC(C)=O. The normalized spacial score (nSPS) is 9.76. The number of ether oxygens (including phenoxy) is 6. The van der Waals surface area contributed by atoms with Crippen molar-refractivity contribution in [2.75, 3.05) is 100 Å². The van der Waals surface area contributed by atoms with Crippen LogP contribution in [0.4, 0.5) is 0 Å². The lowest BCUT2D eigenvalue weighted by molar-refractivity contribution is -0.131. The van der Waals surface area contributed by atoms with E-state index in [-0.39, 0.29) is 11.7 Å². The van der Waals surface area contributed by atoms with Gasteiger partial charge in [0.05, 0.1) is 79.1 Å². The highest BCUT2D eigenvalue weighted by atomic mass is 16.6. The molecular weight excluding hydrogens is 480 g/mol. The second kappa shape index (κ2) is 42.0. The third-order valence-electron chi connectivity index (χ3n) is 4.33. The molecule has 0 aliphatic carbocycles. The van der Waals surface area contributed by atoms with Crippen LogP contribution in [0.1, 0.15) is 66.7 Å². The van der Waals surface area contributed by atoms with Crippen LogP contribution in [0, 0.1) is 0 Å². The fraction of sp³-hybridized carbons (Fsp3) is 0.926. The van der Waals surface area contributed by atoms with Crippen LogP contribution in [-0.4, -0.2) is 117 Å². The molecule has 0 bridgehead atoms. The van der Waals surface area contributed by atoms with Gasteiger partial charge in [0.2, 0.25) is 5.91 Å². The summed E-state index contributed by atoms with van der Waals surface area (Å²) in [7, 11) is 4.94. The van der Waals surface area contributed by atoms with Crippen molar-refractivity contribution in [1.82, 2.24) is 4.90 Å². The van der Waals surface area contributed by atoms with E-state index in [0.29, 0.717) is 92.1 Å². The standard InChI is InChI=1S/C22H43NO8.2C2H6.CH5N/c1-21(24)7-5-4-6-9-23(2)22(25)8-10-27-13-14-29-17-18-31-20-19-30-16-15-28-12-11-26-3;3*1-2/h4-20H2,1-3H3;2*1-2H3;2H2,1H3. The predicted octanol–water partition coefficient (Wildman–Crippen LogP) is 3.34. The minimum atomic E-state index is 0.0737. The smallest absolute Gasteiger partial charge is 0.224 e. The van der Waals surface area contributed by atoms with Crippen LogP contribution in [0.25, 0.3) is 0 Å². The lowest BCUT2D eigenvalue weighted by Gasteiger charge is -2.17. The van der Waals surface area contributed by atoms with E-state index in [1.807, 2.05) is 27.7 Å². The molecule has 0 fully saturated rings. The van der Waals surface area contributed by atoms with Gasteiger partial charge in [-0.1, -0.05) is 34.1 Å². The van der Waals surface area contributed by atoms with Gasteiger partial charge in [-0.15, -0.1) is 0 Å². The van der Waals surface area contributed by atoms with E-state index in [2.05, 4.69) is 5.73 Å². The number of methoxy groups -OCH3 is 1. The second-order valence-corrected chi connectivity index (χ2v) is 7.13. The van der Waals surface area contributed by atoms with Crippen molar-refractivity contribution in [2.24, 2.45) is 5.73 Å². The van der Waals surface area contributed by atoms with Crippen molar-refractivity contribution in [3.63, 3.8) is 0 Å². The molecule has 0 rings (SSSR count). The molecule has 10 nitrogen and oxygen atoms in total. The maximum Gasteiger partial charge on any atom is 0.224 e. The van der Waals surface area contributed by atoms with Crippen molar-refractivity contribution in [3.05, 3.63) is 0 Å². The number of hydrogen-bond acceptors (Lipinski definition) is 9. The molecule has 0 radical (unpaired) electrons. The highest BCUT2D eigenvalue weighted by molar-refractivity contribution is 5.76. The lowest BCUT2D eigenvalue weighted by Crippen LogP contribution is -2.28. The zero-order chi connectivity index (χ0) is 29.0. The Morgan fingerprint density at radius 1 is 0.595 bits per heavy atom. The van der Waals surface area contributed by atoms with Gasteiger partial charge in [0, 0.05) is 27.1 Å². The van der Waals surface area contributed by atoms with Crippen molar-refractivity contribution >= 4 is 11.7 Å². The number of hydrogen-bond donors (Lipinski definition) is 1. The van der Waals surface area contributed by atoms with Gasteiger partial charge in [0.1, 0.15) is 5.78 Å². The maximum absolute atomic E-state index is 12.0. The van der Waals surface area contributed by atoms with Crippen molar-refractivity contribution in [3.8, 4) is 0 Å². The zero-order valence-corrected chi connectivity index (χ0v) is 25.3. The number of carbonyl (C=O) groups excluding carboxylic acids is 2. The Morgan fingerprint density at radius 3 is 1.35 bits per heavy atom. The molecule has 10 heteroatoms. The summed E-state index contributed by atoms with van der Waals surface area (Å²) in [4.78, 5) is 24.6. The Bertz CT molecular complexity index is 429. The molecule has 2 N–H and O–H groups in total. The van der Waals surface area contributed by atoms with Gasteiger partial charge in [-0.25, -0.2) is 0 Å². The number of Topliss-reactive ketones (excluding diaryl/α,β-unsaturated/α-hetero) is 1. The molecule has 37 heavy (non-hydrogen) atoms. The summed E-state index contributed by atoms with van der Waals surface area (Å²) in [6, 6.07) is 0. The topological polar surface area (TPSA) is 119 Å². The summed E-state index contributed by atoms with van der Waals surface area (Å²) in [5.41, 5.74) is 4.50. The summed E-state index contributed by atoms with van der Waals surface area (Å²) in [6.45, 7) is 15.9. The summed E-state index contributed by atoms with van der Waals surface area (Å²) >= 11 is 0. The zero-order valence-electron chi connectivity index (χ0n) is 25.3. The van der Waals surface area contributed by atoms with Gasteiger partial charge in [0.15, 0.2) is 0 Å². The summed E-state index contributed by atoms with van der Waals surface area (Å²) in [5.74, 6) is 0.295. The van der Waals surface area contributed by atoms with Crippen LogP contribution in [0.15, 0.2) is 0 Å². The molecule has 0 saturated carbocycles. The maximum atomic E-state index is 12.0. The Hall–Kier alpha value is -1.14. The van der Waals surface area contributed by atoms with E-state index in [0.717, 1.165) is 19.3 Å². The first-order chi connectivity index (χ1) is 18.1. The molecule has 0 saturated heterocycles. The van der Waals surface area contributed by atoms with Crippen molar-refractivity contribution < 1.29 is 38.0 Å². The van der Waals surface area contributed by atoms with Gasteiger partial charge in [-0.05, 0) is 26.8 Å². The van der Waals surface area contributed by atoms with E-state index < -0.39 is 0 Å². The van der Waals surface area contributed by atoms with Gasteiger partial charge in [-0.2, -0.15) is 0 Å². The summed E-state index contributed by atoms with van der Waals surface area (Å²) < 4.78 is 31.8. The summed E-state index contributed by atoms with van der Waals surface area (Å²) in [5, 5.41) is 0. The highest BCUT2D eigenvalue weighted by Gasteiger charge is 2.08. The van der Waals surface area contributed by atoms with Gasteiger partial charge in [0.25, 0.3) is 0 Å². The second-order valence-electron chi connectivity index (χ2n) is 7.13. The number of nitrogens with two attached hydrogens (primary N) is 1. The minimum absolute atomic E-state index is 0.0737. The van der Waals surface area contributed by atoms with Crippen molar-refractivity contribution in [2.45, 2.75) is 66.7 Å². The average molecular weight is 541 g/mol. The van der Waals surface area contributed by atoms with Crippen LogP contribution in [0.3, 0.4) is 0 Å². The molecule has 1 amide bonds. The Balaban J connectivity index is -0.000000839. The number of carbonyl (C=O) groups is 2. The Labute approximate surface area is 227 Å². The fourth-order valence-electron chi connectivity index (χ4n) is 2.50. The molecule has 0 atom stereocenters. The van der Waals surface area contributed by atoms with E-state index in [4.69, 9.17) is 28.4 Å². The predicted molar refractivity (Wildman–Crippen MR) is 150 cm³/mol. The lowest BCUT2D eigenvalue weighted by atomic mass is 10.1. The first-order valence-corrected chi connectivity index (χ1v) is 13.8. The average Bonchev–Trinajstić information content (AvgIpc) is 2.93. The van der Waals surface area contributed by atoms with E-state index in [9.17, 15) is 9.59 Å². The molecule has 0 aromatic heterocycles. The molecule has 0 aromatic carbocycles. The van der Waals surface area contributed by atoms with E-state index >= 15 is 0 Å². The van der Waals surface area contributed by atoms with E-state index in [1.165, 1.54) is 7.05 Å². The van der Waals surface area contributed by atoms with Gasteiger partial charge >= 0.3 is 0 Å². The monoisotopic (exact) mass is 540 g/mol. The largest absolute Gasteiger partial charge is 0.382 e. The van der Waals surface area contributed by atoms with Crippen LogP contribution in [0.2, 0.25) is 0 Å². The molecule has 0 aliphatic heterocycles. The Morgan fingerprint density at radius 2 is 0.973 bits per heavy atom. The van der Waals surface area contributed by atoms with E-state index in [1.54, 1.807) is 26.0 Å². The number of nitrogens with zero attached hydrogens (tertiary/aromatic N) is 1. The molecule has 226 valence electrons. The van der Waals surface area contributed by atoms with Crippen LogP contribution in [-0.2, 0) is 38.0 Å². The molecule has 0 heterocycles. The highest BCUT2D eigenvalue weighted by Crippen LogP contribution is 2.03. The van der Waals surface area contributed by atoms with Crippen molar-refractivity contribution in [1.29, 1.82) is 0 Å². The third kappa shape index (κ3) is 42.2. The molecule has 0 spiro atoms. The van der Waals surface area contributed by atoms with Crippen LogP contribution in [0.5, 0.6) is 0 Å². The summed E-state index contributed by atoms with van der Waals surface area (Å²) in [6.07, 6.45) is 3.77. The third-order valence-corrected chi connectivity index (χ3v) is 4.33. The minimum Gasteiger partial charge on any atom is -0.382 e. The molecule has 0 aliphatic rings. The van der Waals surface area contributed by atoms with Gasteiger partial charge in [-0.3, -0.25) is 4.79 Å². The molecule has 0 unspecified atom stereocenters.